The molecule has 1 heterocycles. The van der Waals surface area contributed by atoms with Gasteiger partial charge in [-0.3, -0.25) is 4.99 Å². The molecule has 0 aliphatic carbocycles. The van der Waals surface area contributed by atoms with Crippen LogP contribution in [0.4, 0.5) is 14.5 Å². The van der Waals surface area contributed by atoms with Gasteiger partial charge in [0.05, 0.1) is 5.69 Å². The van der Waals surface area contributed by atoms with Gasteiger partial charge in [0.2, 0.25) is 0 Å². The summed E-state index contributed by atoms with van der Waals surface area (Å²) in [5.41, 5.74) is 1.45. The molecule has 1 saturated heterocycles. The maximum absolute atomic E-state index is 14.1. The quantitative estimate of drug-likeness (QED) is 0.759. The molecule has 0 unspecified atom stereocenters. The SMILES string of the molecule is CC(C)(C)CCN=Cc1cccc(F)c1N1CC[C@@H](F)C1. The van der Waals surface area contributed by atoms with Crippen LogP contribution in [0.3, 0.4) is 0 Å². The van der Waals surface area contributed by atoms with Crippen LogP contribution in [0.5, 0.6) is 0 Å². The largest absolute Gasteiger partial charge is 0.366 e. The molecule has 0 radical (unpaired) electrons. The van der Waals surface area contributed by atoms with E-state index in [0.717, 1.165) is 12.0 Å². The Morgan fingerprint density at radius 1 is 1.38 bits per heavy atom. The molecule has 0 saturated carbocycles. The Bertz CT molecular complexity index is 506. The zero-order valence-electron chi connectivity index (χ0n) is 13.1. The third kappa shape index (κ3) is 4.51. The molecule has 0 bridgehead atoms. The molecule has 2 rings (SSSR count). The number of hydrogen-bond acceptors (Lipinski definition) is 2. The third-order valence-corrected chi connectivity index (χ3v) is 3.69. The highest BCUT2D eigenvalue weighted by Gasteiger charge is 2.25. The highest BCUT2D eigenvalue weighted by Crippen LogP contribution is 2.28. The van der Waals surface area contributed by atoms with Gasteiger partial charge >= 0.3 is 0 Å². The molecule has 1 fully saturated rings. The fraction of sp³-hybridized carbons (Fsp3) is 0.588. The molecule has 2 nitrogen and oxygen atoms in total. The molecule has 0 N–H and O–H groups in total. The van der Waals surface area contributed by atoms with Crippen molar-refractivity contribution in [3.63, 3.8) is 0 Å². The summed E-state index contributed by atoms with van der Waals surface area (Å²) in [4.78, 5) is 6.19. The molecule has 1 aliphatic heterocycles. The Morgan fingerprint density at radius 2 is 2.14 bits per heavy atom. The Kier molecular flexibility index (Phi) is 4.96. The van der Waals surface area contributed by atoms with Gasteiger partial charge in [0, 0.05) is 31.4 Å². The van der Waals surface area contributed by atoms with Crippen LogP contribution < -0.4 is 4.90 Å². The van der Waals surface area contributed by atoms with Crippen molar-refractivity contribution in [3.05, 3.63) is 29.6 Å². The van der Waals surface area contributed by atoms with Gasteiger partial charge < -0.3 is 4.90 Å². The average Bonchev–Trinajstić information content (AvgIpc) is 2.80. The molecule has 21 heavy (non-hydrogen) atoms. The highest BCUT2D eigenvalue weighted by atomic mass is 19.1. The minimum atomic E-state index is -0.865. The summed E-state index contributed by atoms with van der Waals surface area (Å²) in [6, 6.07) is 4.94. The van der Waals surface area contributed by atoms with Crippen molar-refractivity contribution in [1.82, 2.24) is 0 Å². The topological polar surface area (TPSA) is 15.6 Å². The van der Waals surface area contributed by atoms with Gasteiger partial charge in [-0.1, -0.05) is 32.9 Å². The average molecular weight is 294 g/mol. The van der Waals surface area contributed by atoms with Crippen molar-refractivity contribution in [2.45, 2.75) is 39.8 Å². The summed E-state index contributed by atoms with van der Waals surface area (Å²) in [6.45, 7) is 8.05. The highest BCUT2D eigenvalue weighted by molar-refractivity contribution is 5.88. The van der Waals surface area contributed by atoms with Gasteiger partial charge in [0.25, 0.3) is 0 Å². The van der Waals surface area contributed by atoms with Gasteiger partial charge in [-0.2, -0.15) is 0 Å². The van der Waals surface area contributed by atoms with Crippen LogP contribution in [-0.4, -0.2) is 32.0 Å². The standard InChI is InChI=1S/C17H24F2N2/c1-17(2,3)8-9-20-11-13-5-4-6-15(19)16(13)21-10-7-14(18)12-21/h4-6,11,14H,7-10,12H2,1-3H3/t14-/m1/s1. The van der Waals surface area contributed by atoms with Crippen LogP contribution in [0.2, 0.25) is 0 Å². The van der Waals surface area contributed by atoms with Crippen molar-refractivity contribution in [1.29, 1.82) is 0 Å². The number of halogens is 2. The second-order valence-corrected chi connectivity index (χ2v) is 6.86. The maximum Gasteiger partial charge on any atom is 0.147 e. The lowest BCUT2D eigenvalue weighted by Gasteiger charge is -2.20. The molecule has 4 heteroatoms. The first-order valence-corrected chi connectivity index (χ1v) is 7.54. The van der Waals surface area contributed by atoms with Gasteiger partial charge in [-0.25, -0.2) is 8.78 Å². The lowest BCUT2D eigenvalue weighted by Crippen LogP contribution is -2.22. The van der Waals surface area contributed by atoms with Crippen LogP contribution in [0.1, 0.15) is 39.2 Å². The Balaban J connectivity index is 2.12. The zero-order chi connectivity index (χ0) is 15.5. The first-order valence-electron chi connectivity index (χ1n) is 7.54. The normalized spacial score (nSPS) is 19.7. The van der Waals surface area contributed by atoms with Gasteiger partial charge in [-0.15, -0.1) is 0 Å². The fourth-order valence-electron chi connectivity index (χ4n) is 2.45. The maximum atomic E-state index is 14.1. The van der Waals surface area contributed by atoms with E-state index < -0.39 is 6.17 Å². The number of aliphatic imine (C=N–C) groups is 1. The number of rotatable bonds is 4. The van der Waals surface area contributed by atoms with Crippen molar-refractivity contribution in [2.75, 3.05) is 24.5 Å². The van der Waals surface area contributed by atoms with Crippen LogP contribution in [0.25, 0.3) is 0 Å². The summed E-state index contributed by atoms with van der Waals surface area (Å²) in [5.74, 6) is -0.302. The van der Waals surface area contributed by atoms with E-state index in [-0.39, 0.29) is 17.8 Å². The Labute approximate surface area is 125 Å². The van der Waals surface area contributed by atoms with E-state index in [4.69, 9.17) is 0 Å². The minimum absolute atomic E-state index is 0.235. The molecule has 1 aromatic carbocycles. The van der Waals surface area contributed by atoms with E-state index in [9.17, 15) is 8.78 Å². The number of anilines is 1. The number of benzene rings is 1. The van der Waals surface area contributed by atoms with Crippen molar-refractivity contribution in [2.24, 2.45) is 10.4 Å². The second-order valence-electron chi connectivity index (χ2n) is 6.86. The fourth-order valence-corrected chi connectivity index (χ4v) is 2.45. The van der Waals surface area contributed by atoms with E-state index in [2.05, 4.69) is 25.8 Å². The minimum Gasteiger partial charge on any atom is -0.366 e. The lowest BCUT2D eigenvalue weighted by atomic mass is 9.92. The summed E-state index contributed by atoms with van der Waals surface area (Å²) in [5, 5.41) is 0. The molecule has 1 aromatic rings. The zero-order valence-corrected chi connectivity index (χ0v) is 13.1. The van der Waals surface area contributed by atoms with Gasteiger partial charge in [0.1, 0.15) is 12.0 Å². The summed E-state index contributed by atoms with van der Waals surface area (Å²) >= 11 is 0. The predicted octanol–water partition coefficient (Wildman–Crippen LogP) is 4.23. The first kappa shape index (κ1) is 15.9. The van der Waals surface area contributed by atoms with Crippen LogP contribution in [-0.2, 0) is 0 Å². The van der Waals surface area contributed by atoms with Crippen molar-refractivity contribution in [3.8, 4) is 0 Å². The molecular weight excluding hydrogens is 270 g/mol. The van der Waals surface area contributed by atoms with E-state index in [0.29, 0.717) is 25.2 Å². The van der Waals surface area contributed by atoms with Crippen molar-refractivity contribution >= 4 is 11.9 Å². The van der Waals surface area contributed by atoms with Crippen LogP contribution in [0.15, 0.2) is 23.2 Å². The van der Waals surface area contributed by atoms with Crippen LogP contribution in [0, 0.1) is 11.2 Å². The van der Waals surface area contributed by atoms with E-state index >= 15 is 0 Å². The second kappa shape index (κ2) is 6.54. The van der Waals surface area contributed by atoms with Gasteiger partial charge in [-0.05, 0) is 24.3 Å². The number of alkyl halides is 1. The third-order valence-electron chi connectivity index (χ3n) is 3.69. The first-order chi connectivity index (χ1) is 9.87. The smallest absolute Gasteiger partial charge is 0.147 e. The Hall–Kier alpha value is -1.45. The van der Waals surface area contributed by atoms with Crippen molar-refractivity contribution < 1.29 is 8.78 Å². The van der Waals surface area contributed by atoms with Crippen LogP contribution >= 0.6 is 0 Å². The van der Waals surface area contributed by atoms with E-state index in [1.807, 2.05) is 6.07 Å². The molecule has 0 spiro atoms. The van der Waals surface area contributed by atoms with Gasteiger partial charge in [0.15, 0.2) is 0 Å². The molecule has 1 aliphatic rings. The molecular formula is C17H24F2N2. The summed E-state index contributed by atoms with van der Waals surface area (Å²) < 4.78 is 27.5. The van der Waals surface area contributed by atoms with E-state index in [1.54, 1.807) is 17.2 Å². The number of para-hydroxylation sites is 1. The number of hydrogen-bond donors (Lipinski definition) is 0. The predicted molar refractivity (Wildman–Crippen MR) is 84.7 cm³/mol. The lowest BCUT2D eigenvalue weighted by molar-refractivity contribution is 0.364. The summed E-state index contributed by atoms with van der Waals surface area (Å²) in [6.07, 6.45) is 2.30. The van der Waals surface area contributed by atoms with E-state index in [1.165, 1.54) is 6.07 Å². The monoisotopic (exact) mass is 294 g/mol. The molecule has 1 atom stereocenters. The summed E-state index contributed by atoms with van der Waals surface area (Å²) in [7, 11) is 0. The molecule has 116 valence electrons. The molecule has 0 aromatic heterocycles. The Morgan fingerprint density at radius 3 is 2.76 bits per heavy atom. The number of nitrogens with zero attached hydrogens (tertiary/aromatic N) is 2. The molecule has 0 amide bonds.